The van der Waals surface area contributed by atoms with Gasteiger partial charge in [-0.05, 0) is 19.8 Å². The van der Waals surface area contributed by atoms with E-state index < -0.39 is 5.54 Å². The van der Waals surface area contributed by atoms with Gasteiger partial charge in [-0.1, -0.05) is 19.3 Å². The van der Waals surface area contributed by atoms with Gasteiger partial charge in [-0.15, -0.1) is 35.0 Å². The molecule has 0 radical (unpaired) electrons. The van der Waals surface area contributed by atoms with Crippen LogP contribution in [0.15, 0.2) is 6.33 Å². The maximum atomic E-state index is 12.1. The van der Waals surface area contributed by atoms with Gasteiger partial charge >= 0.3 is 0 Å². The summed E-state index contributed by atoms with van der Waals surface area (Å²) in [7, 11) is 0. The van der Waals surface area contributed by atoms with Crippen molar-refractivity contribution in [3.05, 3.63) is 12.2 Å². The van der Waals surface area contributed by atoms with Crippen LogP contribution in [0.2, 0.25) is 0 Å². The number of amides is 1. The number of nitrogens with one attached hydrogen (secondary N) is 1. The molecule has 0 atom stereocenters. The molecule has 3 N–H and O–H groups in total. The Morgan fingerprint density at radius 3 is 2.60 bits per heavy atom. The Labute approximate surface area is 131 Å². The van der Waals surface area contributed by atoms with E-state index in [4.69, 9.17) is 5.73 Å². The van der Waals surface area contributed by atoms with Gasteiger partial charge in [0, 0.05) is 13.1 Å². The fraction of sp³-hybridized carbons (Fsp3) is 0.750. The van der Waals surface area contributed by atoms with Crippen molar-refractivity contribution < 1.29 is 4.79 Å². The van der Waals surface area contributed by atoms with Gasteiger partial charge in [0.15, 0.2) is 0 Å². The first-order valence-electron chi connectivity index (χ1n) is 6.53. The maximum Gasteiger partial charge on any atom is 0.240 e. The monoisotopic (exact) mass is 323 g/mol. The second-order valence-electron chi connectivity index (χ2n) is 5.04. The molecular formula is C12H23Cl2N5O. The number of carbonyl (C=O) groups is 1. The Kier molecular flexibility index (Phi) is 8.08. The first-order valence-corrected chi connectivity index (χ1v) is 6.53. The number of aromatic nitrogens is 3. The smallest absolute Gasteiger partial charge is 0.240 e. The molecule has 1 fully saturated rings. The summed E-state index contributed by atoms with van der Waals surface area (Å²) in [5.41, 5.74) is 5.50. The van der Waals surface area contributed by atoms with Crippen molar-refractivity contribution in [2.45, 2.75) is 51.1 Å². The summed E-state index contributed by atoms with van der Waals surface area (Å²) < 4.78 is 1.91. The molecule has 20 heavy (non-hydrogen) atoms. The van der Waals surface area contributed by atoms with Crippen LogP contribution in [0.5, 0.6) is 0 Å². The normalized spacial score (nSPS) is 16.7. The molecule has 1 amide bonds. The van der Waals surface area contributed by atoms with E-state index in [0.29, 0.717) is 13.1 Å². The first-order chi connectivity index (χ1) is 8.62. The standard InChI is InChI=1S/C12H21N5O.2ClH/c1-10-16-15-9-17(10)8-7-14-11(18)12(13)5-3-2-4-6-12;;/h9H,2-8,13H2,1H3,(H,14,18);2*1H. The highest BCUT2D eigenvalue weighted by Crippen LogP contribution is 2.25. The van der Waals surface area contributed by atoms with Crippen LogP contribution in [0.1, 0.15) is 37.9 Å². The second kappa shape index (κ2) is 8.44. The van der Waals surface area contributed by atoms with Crippen LogP contribution in [-0.4, -0.2) is 32.8 Å². The highest BCUT2D eigenvalue weighted by molar-refractivity contribution is 5.86. The number of hydrogen-bond acceptors (Lipinski definition) is 4. The number of carbonyl (C=O) groups excluding carboxylic acids is 1. The third kappa shape index (κ3) is 4.61. The molecule has 0 aliphatic heterocycles. The lowest BCUT2D eigenvalue weighted by molar-refractivity contribution is -0.127. The zero-order valence-corrected chi connectivity index (χ0v) is 13.3. The largest absolute Gasteiger partial charge is 0.353 e. The molecule has 116 valence electrons. The van der Waals surface area contributed by atoms with Crippen LogP contribution in [0.3, 0.4) is 0 Å². The van der Waals surface area contributed by atoms with Gasteiger partial charge in [0.05, 0.1) is 5.54 Å². The zero-order valence-electron chi connectivity index (χ0n) is 11.7. The fourth-order valence-corrected chi connectivity index (χ4v) is 2.41. The van der Waals surface area contributed by atoms with E-state index in [2.05, 4.69) is 15.5 Å². The molecular weight excluding hydrogens is 301 g/mol. The van der Waals surface area contributed by atoms with E-state index in [1.807, 2.05) is 11.5 Å². The Morgan fingerprint density at radius 2 is 2.05 bits per heavy atom. The van der Waals surface area contributed by atoms with Gasteiger partial charge in [0.25, 0.3) is 0 Å². The van der Waals surface area contributed by atoms with Crippen molar-refractivity contribution in [3.63, 3.8) is 0 Å². The number of halogens is 2. The number of nitrogens with zero attached hydrogens (tertiary/aromatic N) is 3. The lowest BCUT2D eigenvalue weighted by Gasteiger charge is -2.31. The second-order valence-corrected chi connectivity index (χ2v) is 5.04. The van der Waals surface area contributed by atoms with E-state index >= 15 is 0 Å². The lowest BCUT2D eigenvalue weighted by atomic mass is 9.82. The quantitative estimate of drug-likeness (QED) is 0.872. The van der Waals surface area contributed by atoms with E-state index in [9.17, 15) is 4.79 Å². The van der Waals surface area contributed by atoms with Crippen molar-refractivity contribution >= 4 is 30.7 Å². The van der Waals surface area contributed by atoms with Gasteiger partial charge in [0.2, 0.25) is 5.91 Å². The highest BCUT2D eigenvalue weighted by atomic mass is 35.5. The van der Waals surface area contributed by atoms with Gasteiger partial charge in [-0.25, -0.2) is 0 Å². The van der Waals surface area contributed by atoms with E-state index in [-0.39, 0.29) is 30.7 Å². The van der Waals surface area contributed by atoms with Crippen molar-refractivity contribution in [2.24, 2.45) is 5.73 Å². The Hall–Kier alpha value is -0.850. The predicted octanol–water partition coefficient (Wildman–Crippen LogP) is 1.21. The average Bonchev–Trinajstić information content (AvgIpc) is 2.76. The van der Waals surface area contributed by atoms with Crippen LogP contribution in [-0.2, 0) is 11.3 Å². The minimum Gasteiger partial charge on any atom is -0.353 e. The molecule has 0 spiro atoms. The summed E-state index contributed by atoms with van der Waals surface area (Å²) >= 11 is 0. The van der Waals surface area contributed by atoms with Crippen molar-refractivity contribution in [1.82, 2.24) is 20.1 Å². The summed E-state index contributed by atoms with van der Waals surface area (Å²) in [5, 5.41) is 10.6. The maximum absolute atomic E-state index is 12.1. The third-order valence-corrected chi connectivity index (χ3v) is 3.65. The highest BCUT2D eigenvalue weighted by Gasteiger charge is 2.34. The van der Waals surface area contributed by atoms with Crippen molar-refractivity contribution in [1.29, 1.82) is 0 Å². The van der Waals surface area contributed by atoms with Gasteiger partial charge in [0.1, 0.15) is 12.2 Å². The zero-order chi connectivity index (χ0) is 13.0. The molecule has 1 aliphatic carbocycles. The molecule has 1 aromatic heterocycles. The predicted molar refractivity (Wildman–Crippen MR) is 82.3 cm³/mol. The van der Waals surface area contributed by atoms with Crippen LogP contribution < -0.4 is 11.1 Å². The van der Waals surface area contributed by atoms with Crippen LogP contribution in [0.4, 0.5) is 0 Å². The molecule has 8 heteroatoms. The minimum atomic E-state index is -0.652. The van der Waals surface area contributed by atoms with Gasteiger partial charge in [-0.2, -0.15) is 0 Å². The molecule has 1 saturated carbocycles. The minimum absolute atomic E-state index is 0. The van der Waals surface area contributed by atoms with Gasteiger partial charge < -0.3 is 15.6 Å². The molecule has 0 unspecified atom stereocenters. The molecule has 6 nitrogen and oxygen atoms in total. The SMILES string of the molecule is Cc1nncn1CCNC(=O)C1(N)CCCCC1.Cl.Cl. The molecule has 1 aliphatic rings. The number of aryl methyl sites for hydroxylation is 1. The van der Waals surface area contributed by atoms with Crippen LogP contribution in [0, 0.1) is 6.92 Å². The van der Waals surface area contributed by atoms with Crippen molar-refractivity contribution in [3.8, 4) is 0 Å². The Balaban J connectivity index is 0.00000180. The van der Waals surface area contributed by atoms with Gasteiger partial charge in [-0.3, -0.25) is 4.79 Å². The van der Waals surface area contributed by atoms with E-state index in [0.717, 1.165) is 31.5 Å². The van der Waals surface area contributed by atoms with E-state index in [1.54, 1.807) is 6.33 Å². The average molecular weight is 324 g/mol. The molecule has 1 heterocycles. The van der Waals surface area contributed by atoms with Crippen molar-refractivity contribution in [2.75, 3.05) is 6.54 Å². The summed E-state index contributed by atoms with van der Waals surface area (Å²) in [6, 6.07) is 0. The molecule has 0 bridgehead atoms. The van der Waals surface area contributed by atoms with Crippen LogP contribution in [0.25, 0.3) is 0 Å². The third-order valence-electron chi connectivity index (χ3n) is 3.65. The number of nitrogens with two attached hydrogens (primary N) is 1. The Morgan fingerprint density at radius 1 is 1.40 bits per heavy atom. The summed E-state index contributed by atoms with van der Waals surface area (Å²) in [6.07, 6.45) is 6.55. The first kappa shape index (κ1) is 19.1. The lowest BCUT2D eigenvalue weighted by Crippen LogP contribution is -2.55. The summed E-state index contributed by atoms with van der Waals surface area (Å²) in [4.78, 5) is 12.1. The van der Waals surface area contributed by atoms with Crippen LogP contribution >= 0.6 is 24.8 Å². The fourth-order valence-electron chi connectivity index (χ4n) is 2.41. The molecule has 2 rings (SSSR count). The summed E-state index contributed by atoms with van der Waals surface area (Å²) in [6.45, 7) is 3.14. The Bertz CT molecular complexity index is 418. The topological polar surface area (TPSA) is 85.8 Å². The number of hydrogen-bond donors (Lipinski definition) is 2. The molecule has 0 aromatic carbocycles. The number of rotatable bonds is 4. The molecule has 0 saturated heterocycles. The molecule has 1 aromatic rings. The summed E-state index contributed by atoms with van der Waals surface area (Å²) in [5.74, 6) is 0.831. The van der Waals surface area contributed by atoms with E-state index in [1.165, 1.54) is 6.42 Å².